The van der Waals surface area contributed by atoms with Crippen molar-refractivity contribution in [3.8, 4) is 0 Å². The van der Waals surface area contributed by atoms with Crippen LogP contribution in [0.3, 0.4) is 0 Å². The van der Waals surface area contributed by atoms with Gasteiger partial charge in [0, 0.05) is 31.4 Å². The summed E-state index contributed by atoms with van der Waals surface area (Å²) in [7, 11) is 1.82. The Kier molecular flexibility index (Phi) is 4.99. The van der Waals surface area contributed by atoms with Crippen molar-refractivity contribution >= 4 is 17.3 Å². The molecule has 1 amide bonds. The summed E-state index contributed by atoms with van der Waals surface area (Å²) in [4.78, 5) is 13.9. The van der Waals surface area contributed by atoms with E-state index < -0.39 is 0 Å². The van der Waals surface area contributed by atoms with Gasteiger partial charge in [0.15, 0.2) is 0 Å². The van der Waals surface area contributed by atoms with Crippen LogP contribution in [0, 0.1) is 13.8 Å². The van der Waals surface area contributed by atoms with Gasteiger partial charge in [0.25, 0.3) is 0 Å². The number of amides is 1. The molecule has 0 aliphatic heterocycles. The molecule has 0 aromatic heterocycles. The Bertz CT molecular complexity index is 608. The Labute approximate surface area is 126 Å². The van der Waals surface area contributed by atoms with Crippen LogP contribution in [0.15, 0.2) is 48.5 Å². The van der Waals surface area contributed by atoms with Crippen LogP contribution in [0.2, 0.25) is 0 Å². The molecule has 21 heavy (non-hydrogen) atoms. The maximum atomic E-state index is 12.2. The van der Waals surface area contributed by atoms with E-state index in [1.54, 1.807) is 4.90 Å². The molecular weight excluding hydrogens is 260 g/mol. The summed E-state index contributed by atoms with van der Waals surface area (Å²) in [5.41, 5.74) is 4.52. The van der Waals surface area contributed by atoms with Gasteiger partial charge in [-0.25, -0.2) is 0 Å². The molecule has 3 nitrogen and oxygen atoms in total. The fourth-order valence-electron chi connectivity index (χ4n) is 2.21. The average molecular weight is 282 g/mol. The summed E-state index contributed by atoms with van der Waals surface area (Å²) >= 11 is 0. The number of hydrogen-bond donors (Lipinski definition) is 1. The summed E-state index contributed by atoms with van der Waals surface area (Å²) < 4.78 is 0. The molecule has 0 atom stereocenters. The molecule has 1 N–H and O–H groups in total. The molecular formula is C18H22N2O. The van der Waals surface area contributed by atoms with E-state index in [-0.39, 0.29) is 5.91 Å². The molecule has 2 aromatic rings. The van der Waals surface area contributed by atoms with Gasteiger partial charge in [-0.3, -0.25) is 4.79 Å². The molecule has 2 aromatic carbocycles. The van der Waals surface area contributed by atoms with Crippen molar-refractivity contribution in [1.82, 2.24) is 0 Å². The van der Waals surface area contributed by atoms with Crippen LogP contribution in [-0.4, -0.2) is 19.5 Å². The zero-order valence-electron chi connectivity index (χ0n) is 12.9. The predicted molar refractivity (Wildman–Crippen MR) is 88.9 cm³/mol. The van der Waals surface area contributed by atoms with Crippen LogP contribution < -0.4 is 10.2 Å². The minimum Gasteiger partial charge on any atom is -0.384 e. The third kappa shape index (κ3) is 3.85. The highest BCUT2D eigenvalue weighted by atomic mass is 16.2. The molecule has 0 spiro atoms. The van der Waals surface area contributed by atoms with Crippen LogP contribution in [0.25, 0.3) is 0 Å². The first-order valence-corrected chi connectivity index (χ1v) is 7.21. The van der Waals surface area contributed by atoms with Crippen molar-refractivity contribution in [1.29, 1.82) is 0 Å². The summed E-state index contributed by atoms with van der Waals surface area (Å²) in [5, 5.41) is 3.34. The summed E-state index contributed by atoms with van der Waals surface area (Å²) in [6.07, 6.45) is 0.471. The van der Waals surface area contributed by atoms with E-state index in [1.165, 1.54) is 11.1 Å². The fraction of sp³-hybridized carbons (Fsp3) is 0.278. The number of nitrogens with zero attached hydrogens (tertiary/aromatic N) is 1. The van der Waals surface area contributed by atoms with E-state index in [0.29, 0.717) is 13.0 Å². The lowest BCUT2D eigenvalue weighted by Crippen LogP contribution is -2.27. The summed E-state index contributed by atoms with van der Waals surface area (Å²) in [6, 6.07) is 15.9. The van der Waals surface area contributed by atoms with Crippen LogP contribution in [0.5, 0.6) is 0 Å². The van der Waals surface area contributed by atoms with Gasteiger partial charge >= 0.3 is 0 Å². The molecule has 0 heterocycles. The molecule has 2 rings (SSSR count). The zero-order chi connectivity index (χ0) is 15.2. The van der Waals surface area contributed by atoms with Crippen LogP contribution >= 0.6 is 0 Å². The molecule has 3 heteroatoms. The number of carbonyl (C=O) groups is 1. The van der Waals surface area contributed by atoms with Gasteiger partial charge in [0.2, 0.25) is 5.91 Å². The second-order valence-corrected chi connectivity index (χ2v) is 5.21. The monoisotopic (exact) mass is 282 g/mol. The van der Waals surface area contributed by atoms with Gasteiger partial charge in [0.05, 0.1) is 0 Å². The molecule has 0 radical (unpaired) electrons. The van der Waals surface area contributed by atoms with Crippen molar-refractivity contribution < 1.29 is 4.79 Å². The van der Waals surface area contributed by atoms with Gasteiger partial charge < -0.3 is 10.2 Å². The summed E-state index contributed by atoms with van der Waals surface area (Å²) in [6.45, 7) is 4.82. The maximum absolute atomic E-state index is 12.2. The molecule has 0 saturated carbocycles. The maximum Gasteiger partial charge on any atom is 0.228 e. The quantitative estimate of drug-likeness (QED) is 0.905. The van der Waals surface area contributed by atoms with E-state index in [9.17, 15) is 4.79 Å². The van der Waals surface area contributed by atoms with E-state index in [4.69, 9.17) is 0 Å². The number of para-hydroxylation sites is 1. The Morgan fingerprint density at radius 1 is 1.05 bits per heavy atom. The Morgan fingerprint density at radius 2 is 1.76 bits per heavy atom. The lowest BCUT2D eigenvalue weighted by Gasteiger charge is -2.18. The van der Waals surface area contributed by atoms with Gasteiger partial charge in [0.1, 0.15) is 0 Å². The van der Waals surface area contributed by atoms with E-state index in [0.717, 1.165) is 11.4 Å². The van der Waals surface area contributed by atoms with E-state index in [2.05, 4.69) is 25.2 Å². The topological polar surface area (TPSA) is 32.3 Å². The highest BCUT2D eigenvalue weighted by molar-refractivity contribution is 5.93. The molecule has 0 aliphatic rings. The second kappa shape index (κ2) is 6.93. The number of anilines is 2. The van der Waals surface area contributed by atoms with Crippen molar-refractivity contribution in [2.45, 2.75) is 20.3 Å². The zero-order valence-corrected chi connectivity index (χ0v) is 12.9. The van der Waals surface area contributed by atoms with Crippen LogP contribution in [-0.2, 0) is 4.79 Å². The standard InChI is InChI=1S/C18H22N2O/c1-14-8-7-11-17(15(14)2)19-13-12-18(21)20(3)16-9-5-4-6-10-16/h4-11,19H,12-13H2,1-3H3. The number of nitrogens with one attached hydrogen (secondary N) is 1. The third-order valence-corrected chi connectivity index (χ3v) is 3.78. The highest BCUT2D eigenvalue weighted by Gasteiger charge is 2.10. The minimum absolute atomic E-state index is 0.110. The average Bonchev–Trinajstić information content (AvgIpc) is 2.51. The molecule has 0 aliphatic carbocycles. The first-order valence-electron chi connectivity index (χ1n) is 7.21. The number of aryl methyl sites for hydroxylation is 1. The number of hydrogen-bond acceptors (Lipinski definition) is 2. The van der Waals surface area contributed by atoms with E-state index >= 15 is 0 Å². The Balaban J connectivity index is 1.89. The third-order valence-electron chi connectivity index (χ3n) is 3.78. The van der Waals surface area contributed by atoms with Gasteiger partial charge in [-0.15, -0.1) is 0 Å². The SMILES string of the molecule is Cc1cccc(NCCC(=O)N(C)c2ccccc2)c1C. The van der Waals surface area contributed by atoms with E-state index in [1.807, 2.05) is 49.5 Å². The van der Waals surface area contributed by atoms with Gasteiger partial charge in [-0.05, 0) is 43.2 Å². The van der Waals surface area contributed by atoms with Crippen LogP contribution in [0.1, 0.15) is 17.5 Å². The molecule has 0 bridgehead atoms. The molecule has 0 fully saturated rings. The lowest BCUT2D eigenvalue weighted by molar-refractivity contribution is -0.118. The van der Waals surface area contributed by atoms with Crippen molar-refractivity contribution in [3.05, 3.63) is 59.7 Å². The molecule has 110 valence electrons. The van der Waals surface area contributed by atoms with Gasteiger partial charge in [-0.2, -0.15) is 0 Å². The second-order valence-electron chi connectivity index (χ2n) is 5.21. The van der Waals surface area contributed by atoms with Crippen molar-refractivity contribution in [2.24, 2.45) is 0 Å². The lowest BCUT2D eigenvalue weighted by atomic mass is 10.1. The minimum atomic E-state index is 0.110. The normalized spacial score (nSPS) is 10.2. The van der Waals surface area contributed by atoms with Crippen molar-refractivity contribution in [2.75, 3.05) is 23.8 Å². The first kappa shape index (κ1) is 15.1. The number of rotatable bonds is 5. The molecule has 0 saturated heterocycles. The summed E-state index contributed by atoms with van der Waals surface area (Å²) in [5.74, 6) is 0.110. The largest absolute Gasteiger partial charge is 0.384 e. The smallest absolute Gasteiger partial charge is 0.228 e. The number of benzene rings is 2. The number of carbonyl (C=O) groups excluding carboxylic acids is 1. The molecule has 0 unspecified atom stereocenters. The van der Waals surface area contributed by atoms with Crippen molar-refractivity contribution in [3.63, 3.8) is 0 Å². The fourth-order valence-corrected chi connectivity index (χ4v) is 2.21. The first-order chi connectivity index (χ1) is 10.1. The van der Waals surface area contributed by atoms with Gasteiger partial charge in [-0.1, -0.05) is 30.3 Å². The predicted octanol–water partition coefficient (Wildman–Crippen LogP) is 3.77. The highest BCUT2D eigenvalue weighted by Crippen LogP contribution is 2.18. The Morgan fingerprint density at radius 3 is 2.48 bits per heavy atom. The van der Waals surface area contributed by atoms with Crippen LogP contribution in [0.4, 0.5) is 11.4 Å². The Hall–Kier alpha value is -2.29.